The van der Waals surface area contributed by atoms with Crippen molar-refractivity contribution < 1.29 is 9.90 Å². The minimum atomic E-state index is -0.645. The minimum absolute atomic E-state index is 0.165. The second-order valence-electron chi connectivity index (χ2n) is 7.06. The lowest BCUT2D eigenvalue weighted by molar-refractivity contribution is -0.141. The minimum Gasteiger partial charge on any atom is -0.481 e. The van der Waals surface area contributed by atoms with Gasteiger partial charge in [-0.15, -0.1) is 13.2 Å². The lowest BCUT2D eigenvalue weighted by atomic mass is 9.75. The van der Waals surface area contributed by atoms with Crippen LogP contribution in [0.15, 0.2) is 25.3 Å². The molecule has 0 aromatic rings. The molecule has 1 fully saturated rings. The molecule has 0 saturated carbocycles. The lowest BCUT2D eigenvalue weighted by Crippen LogP contribution is -2.28. The van der Waals surface area contributed by atoms with Gasteiger partial charge in [0.25, 0.3) is 0 Å². The molecule has 4 unspecified atom stereocenters. The number of rotatable bonds is 10. The number of carbonyl (C=O) groups is 1. The van der Waals surface area contributed by atoms with Gasteiger partial charge in [-0.2, -0.15) is 0 Å². The SMILES string of the molecule is C=CCC(C)C(C=C)C(C)C(C)CCN1CC[C@H](C(=O)O)C1. The maximum Gasteiger partial charge on any atom is 0.307 e. The summed E-state index contributed by atoms with van der Waals surface area (Å²) in [6.07, 6.45) is 7.05. The second kappa shape index (κ2) is 9.14. The first-order valence-corrected chi connectivity index (χ1v) is 8.59. The smallest absolute Gasteiger partial charge is 0.307 e. The highest BCUT2D eigenvalue weighted by Crippen LogP contribution is 2.32. The Morgan fingerprint density at radius 3 is 2.50 bits per heavy atom. The van der Waals surface area contributed by atoms with E-state index in [1.165, 1.54) is 0 Å². The van der Waals surface area contributed by atoms with Gasteiger partial charge < -0.3 is 10.0 Å². The Bertz CT molecular complexity index is 380. The Hall–Kier alpha value is -1.09. The number of carboxylic acids is 1. The Balaban J connectivity index is 2.43. The molecule has 0 radical (unpaired) electrons. The monoisotopic (exact) mass is 307 g/mol. The summed E-state index contributed by atoms with van der Waals surface area (Å²) >= 11 is 0. The molecule has 1 saturated heterocycles. The fourth-order valence-electron chi connectivity index (χ4n) is 3.65. The fourth-order valence-corrected chi connectivity index (χ4v) is 3.65. The second-order valence-corrected chi connectivity index (χ2v) is 7.06. The summed E-state index contributed by atoms with van der Waals surface area (Å²) < 4.78 is 0. The van der Waals surface area contributed by atoms with Crippen LogP contribution in [-0.4, -0.2) is 35.6 Å². The first kappa shape index (κ1) is 19.0. The van der Waals surface area contributed by atoms with Crippen molar-refractivity contribution >= 4 is 5.97 Å². The lowest BCUT2D eigenvalue weighted by Gasteiger charge is -2.31. The van der Waals surface area contributed by atoms with Crippen LogP contribution >= 0.6 is 0 Å². The number of carboxylic acid groups (broad SMARTS) is 1. The predicted octanol–water partition coefficient (Wildman–Crippen LogP) is 4.07. The van der Waals surface area contributed by atoms with Gasteiger partial charge in [-0.1, -0.05) is 32.9 Å². The zero-order valence-corrected chi connectivity index (χ0v) is 14.5. The molecule has 1 aliphatic rings. The van der Waals surface area contributed by atoms with Gasteiger partial charge in [0.15, 0.2) is 0 Å². The summed E-state index contributed by atoms with van der Waals surface area (Å²) in [6.45, 7) is 17.4. The molecular weight excluding hydrogens is 274 g/mol. The summed E-state index contributed by atoms with van der Waals surface area (Å²) in [5.74, 6) is 1.48. The largest absolute Gasteiger partial charge is 0.481 e. The highest BCUT2D eigenvalue weighted by atomic mass is 16.4. The number of aliphatic carboxylic acids is 1. The third-order valence-corrected chi connectivity index (χ3v) is 5.49. The van der Waals surface area contributed by atoms with Crippen LogP contribution in [0.25, 0.3) is 0 Å². The highest BCUT2D eigenvalue weighted by Gasteiger charge is 2.29. The van der Waals surface area contributed by atoms with Gasteiger partial charge in [-0.3, -0.25) is 4.79 Å². The molecular formula is C19H33NO2. The van der Waals surface area contributed by atoms with Crippen molar-refractivity contribution in [2.75, 3.05) is 19.6 Å². The van der Waals surface area contributed by atoms with Crippen molar-refractivity contribution in [2.45, 2.75) is 40.0 Å². The molecule has 1 heterocycles. The first-order valence-electron chi connectivity index (χ1n) is 8.59. The average molecular weight is 307 g/mol. The molecule has 0 aliphatic carbocycles. The molecule has 0 amide bonds. The van der Waals surface area contributed by atoms with Crippen molar-refractivity contribution in [2.24, 2.45) is 29.6 Å². The van der Waals surface area contributed by atoms with Gasteiger partial charge in [0, 0.05) is 6.54 Å². The van der Waals surface area contributed by atoms with E-state index >= 15 is 0 Å². The number of allylic oxidation sites excluding steroid dienone is 2. The molecule has 1 N–H and O–H groups in total. The Labute approximate surface area is 136 Å². The van der Waals surface area contributed by atoms with Crippen molar-refractivity contribution in [1.29, 1.82) is 0 Å². The molecule has 22 heavy (non-hydrogen) atoms. The molecule has 1 rings (SSSR count). The summed E-state index contributed by atoms with van der Waals surface area (Å²) in [4.78, 5) is 13.3. The zero-order valence-electron chi connectivity index (χ0n) is 14.5. The van der Waals surface area contributed by atoms with Gasteiger partial charge in [0.2, 0.25) is 0 Å². The maximum absolute atomic E-state index is 11.0. The van der Waals surface area contributed by atoms with Crippen molar-refractivity contribution in [3.8, 4) is 0 Å². The number of hydrogen-bond donors (Lipinski definition) is 1. The topological polar surface area (TPSA) is 40.5 Å². The van der Waals surface area contributed by atoms with E-state index in [-0.39, 0.29) is 5.92 Å². The first-order chi connectivity index (χ1) is 10.4. The molecule has 0 bridgehead atoms. The van der Waals surface area contributed by atoms with Gasteiger partial charge in [-0.05, 0) is 56.0 Å². The van der Waals surface area contributed by atoms with Gasteiger partial charge in [-0.25, -0.2) is 0 Å². The number of nitrogens with zero attached hydrogens (tertiary/aromatic N) is 1. The normalized spacial score (nSPS) is 24.4. The van der Waals surface area contributed by atoms with E-state index < -0.39 is 5.97 Å². The summed E-state index contributed by atoms with van der Waals surface area (Å²) in [5.41, 5.74) is 0. The quantitative estimate of drug-likeness (QED) is 0.619. The molecule has 126 valence electrons. The van der Waals surface area contributed by atoms with Crippen LogP contribution in [0.4, 0.5) is 0 Å². The van der Waals surface area contributed by atoms with E-state index in [1.807, 2.05) is 6.08 Å². The molecule has 0 aromatic carbocycles. The standard InChI is InChI=1S/C19H33NO2/c1-6-8-15(4)18(7-2)16(5)14(3)9-11-20-12-10-17(13-20)19(21)22/h6-7,14-18H,1-2,8-13H2,3-5H3,(H,21,22)/t14?,15?,16?,17-,18?/m0/s1. The van der Waals surface area contributed by atoms with E-state index in [0.717, 1.165) is 32.4 Å². The molecule has 3 heteroatoms. The van der Waals surface area contributed by atoms with Gasteiger partial charge in [0.1, 0.15) is 0 Å². The van der Waals surface area contributed by atoms with Crippen LogP contribution in [-0.2, 0) is 4.79 Å². The summed E-state index contributed by atoms with van der Waals surface area (Å²) in [6, 6.07) is 0. The van der Waals surface area contributed by atoms with E-state index in [0.29, 0.717) is 30.2 Å². The van der Waals surface area contributed by atoms with Crippen molar-refractivity contribution in [1.82, 2.24) is 4.90 Å². The Morgan fingerprint density at radius 2 is 2.00 bits per heavy atom. The third kappa shape index (κ3) is 5.28. The Kier molecular flexibility index (Phi) is 7.88. The van der Waals surface area contributed by atoms with Crippen LogP contribution in [0.5, 0.6) is 0 Å². The molecule has 5 atom stereocenters. The van der Waals surface area contributed by atoms with E-state index in [9.17, 15) is 4.79 Å². The average Bonchev–Trinajstić information content (AvgIpc) is 2.94. The molecule has 1 aliphatic heterocycles. The summed E-state index contributed by atoms with van der Waals surface area (Å²) in [7, 11) is 0. The van der Waals surface area contributed by atoms with E-state index in [1.54, 1.807) is 0 Å². The maximum atomic E-state index is 11.0. The van der Waals surface area contributed by atoms with Crippen LogP contribution in [0.3, 0.4) is 0 Å². The number of hydrogen-bond acceptors (Lipinski definition) is 2. The fraction of sp³-hybridized carbons (Fsp3) is 0.737. The van der Waals surface area contributed by atoms with Gasteiger partial charge >= 0.3 is 5.97 Å². The van der Waals surface area contributed by atoms with Crippen molar-refractivity contribution in [3.05, 3.63) is 25.3 Å². The van der Waals surface area contributed by atoms with Crippen LogP contribution in [0.2, 0.25) is 0 Å². The van der Waals surface area contributed by atoms with Crippen LogP contribution in [0.1, 0.15) is 40.0 Å². The molecule has 0 aromatic heterocycles. The van der Waals surface area contributed by atoms with Crippen molar-refractivity contribution in [3.63, 3.8) is 0 Å². The van der Waals surface area contributed by atoms with Crippen LogP contribution < -0.4 is 0 Å². The van der Waals surface area contributed by atoms with Gasteiger partial charge in [0.05, 0.1) is 5.92 Å². The highest BCUT2D eigenvalue weighted by molar-refractivity contribution is 5.70. The third-order valence-electron chi connectivity index (χ3n) is 5.49. The molecule has 3 nitrogen and oxygen atoms in total. The predicted molar refractivity (Wildman–Crippen MR) is 92.8 cm³/mol. The molecule has 0 spiro atoms. The van der Waals surface area contributed by atoms with Crippen LogP contribution in [0, 0.1) is 29.6 Å². The number of likely N-dealkylation sites (tertiary alicyclic amines) is 1. The van der Waals surface area contributed by atoms with E-state index in [4.69, 9.17) is 5.11 Å². The Morgan fingerprint density at radius 1 is 1.32 bits per heavy atom. The summed E-state index contributed by atoms with van der Waals surface area (Å²) in [5, 5.41) is 9.07. The van der Waals surface area contributed by atoms with E-state index in [2.05, 4.69) is 44.9 Å². The zero-order chi connectivity index (χ0) is 16.7.